The Morgan fingerprint density at radius 1 is 1.33 bits per heavy atom. The Kier molecular flexibility index (Phi) is 4.25. The van der Waals surface area contributed by atoms with Gasteiger partial charge in [0, 0.05) is 18.5 Å². The van der Waals surface area contributed by atoms with Gasteiger partial charge in [-0.1, -0.05) is 25.1 Å². The lowest BCUT2D eigenvalue weighted by Gasteiger charge is -2.31. The minimum absolute atomic E-state index is 0.0271. The summed E-state index contributed by atoms with van der Waals surface area (Å²) in [5.74, 6) is -0.270. The van der Waals surface area contributed by atoms with Gasteiger partial charge in [-0.2, -0.15) is 0 Å². The molecule has 21 heavy (non-hydrogen) atoms. The zero-order valence-corrected chi connectivity index (χ0v) is 12.4. The maximum Gasteiger partial charge on any atom is 0.342 e. The first-order valence-electron chi connectivity index (χ1n) is 7.67. The smallest absolute Gasteiger partial charge is 0.342 e. The predicted octanol–water partition coefficient (Wildman–Crippen LogP) is 3.46. The summed E-state index contributed by atoms with van der Waals surface area (Å²) in [6, 6.07) is 7.54. The van der Waals surface area contributed by atoms with Crippen LogP contribution >= 0.6 is 0 Å². The van der Waals surface area contributed by atoms with Crippen molar-refractivity contribution in [1.82, 2.24) is 4.90 Å². The lowest BCUT2D eigenvalue weighted by molar-refractivity contribution is 0.0115. The van der Waals surface area contributed by atoms with Gasteiger partial charge in [-0.25, -0.2) is 4.79 Å². The fourth-order valence-electron chi connectivity index (χ4n) is 2.92. The van der Waals surface area contributed by atoms with Gasteiger partial charge in [0.1, 0.15) is 23.5 Å². The Morgan fingerprint density at radius 3 is 2.86 bits per heavy atom. The number of benzene rings is 1. The molecule has 1 aromatic heterocycles. The second kappa shape index (κ2) is 6.31. The standard InChI is InChI=1S/C17H21NO3/c1-2-9-18-10-7-13(8-11-18)21-17(19)15-12-20-16-6-4-3-5-14(15)16/h3-6,12-13H,2,7-11H2,1H3. The molecular formula is C17H21NO3. The highest BCUT2D eigenvalue weighted by molar-refractivity contribution is 6.03. The maximum absolute atomic E-state index is 12.3. The molecule has 0 unspecified atom stereocenters. The lowest BCUT2D eigenvalue weighted by atomic mass is 10.1. The SMILES string of the molecule is CCCN1CCC(OC(=O)c2coc3ccccc23)CC1. The summed E-state index contributed by atoms with van der Waals surface area (Å²) in [5, 5.41) is 0.825. The summed E-state index contributed by atoms with van der Waals surface area (Å²) in [7, 11) is 0. The first-order chi connectivity index (χ1) is 10.3. The van der Waals surface area contributed by atoms with Gasteiger partial charge in [-0.15, -0.1) is 0 Å². The van der Waals surface area contributed by atoms with Gasteiger partial charge in [-0.3, -0.25) is 0 Å². The number of likely N-dealkylation sites (tertiary alicyclic amines) is 1. The molecule has 0 radical (unpaired) electrons. The number of piperidine rings is 1. The summed E-state index contributed by atoms with van der Waals surface area (Å²) in [5.41, 5.74) is 1.25. The Morgan fingerprint density at radius 2 is 2.10 bits per heavy atom. The quantitative estimate of drug-likeness (QED) is 0.808. The van der Waals surface area contributed by atoms with E-state index in [4.69, 9.17) is 9.15 Å². The largest absolute Gasteiger partial charge is 0.463 e. The van der Waals surface area contributed by atoms with Crippen molar-refractivity contribution in [2.75, 3.05) is 19.6 Å². The second-order valence-electron chi connectivity index (χ2n) is 5.59. The maximum atomic E-state index is 12.3. The number of carbonyl (C=O) groups excluding carboxylic acids is 1. The third-order valence-corrected chi connectivity index (χ3v) is 4.05. The molecular weight excluding hydrogens is 266 g/mol. The molecule has 0 aliphatic carbocycles. The van der Waals surface area contributed by atoms with Crippen molar-refractivity contribution in [3.8, 4) is 0 Å². The second-order valence-corrected chi connectivity index (χ2v) is 5.59. The molecule has 0 atom stereocenters. The van der Waals surface area contributed by atoms with Crippen molar-refractivity contribution in [3.05, 3.63) is 36.1 Å². The average molecular weight is 287 g/mol. The number of esters is 1. The molecule has 2 heterocycles. The summed E-state index contributed by atoms with van der Waals surface area (Å²) in [6.07, 6.45) is 4.53. The number of hydrogen-bond acceptors (Lipinski definition) is 4. The van der Waals surface area contributed by atoms with Crippen LogP contribution in [0.25, 0.3) is 11.0 Å². The van der Waals surface area contributed by atoms with Crippen molar-refractivity contribution in [2.45, 2.75) is 32.3 Å². The van der Waals surface area contributed by atoms with Crippen molar-refractivity contribution in [1.29, 1.82) is 0 Å². The third-order valence-electron chi connectivity index (χ3n) is 4.05. The van der Waals surface area contributed by atoms with E-state index >= 15 is 0 Å². The molecule has 1 aliphatic heterocycles. The van der Waals surface area contributed by atoms with Crippen molar-refractivity contribution in [2.24, 2.45) is 0 Å². The van der Waals surface area contributed by atoms with Gasteiger partial charge < -0.3 is 14.1 Å². The number of carbonyl (C=O) groups is 1. The van der Waals surface area contributed by atoms with Gasteiger partial charge >= 0.3 is 5.97 Å². The van der Waals surface area contributed by atoms with Gasteiger partial charge in [0.2, 0.25) is 0 Å². The molecule has 2 aromatic rings. The molecule has 3 rings (SSSR count). The predicted molar refractivity (Wildman–Crippen MR) is 81.4 cm³/mol. The van der Waals surface area contributed by atoms with Crippen LogP contribution in [0.15, 0.2) is 34.9 Å². The fraction of sp³-hybridized carbons (Fsp3) is 0.471. The zero-order valence-electron chi connectivity index (χ0n) is 12.4. The van der Waals surface area contributed by atoms with Gasteiger partial charge in [0.05, 0.1) is 0 Å². The number of furan rings is 1. The number of fused-ring (bicyclic) bond motifs is 1. The molecule has 0 bridgehead atoms. The van der Waals surface area contributed by atoms with Crippen molar-refractivity contribution >= 4 is 16.9 Å². The monoisotopic (exact) mass is 287 g/mol. The van der Waals surface area contributed by atoms with E-state index < -0.39 is 0 Å². The molecule has 0 saturated carbocycles. The summed E-state index contributed by atoms with van der Waals surface area (Å²) >= 11 is 0. The number of nitrogens with zero attached hydrogens (tertiary/aromatic N) is 1. The van der Waals surface area contributed by atoms with Crippen LogP contribution in [0.4, 0.5) is 0 Å². The van der Waals surface area contributed by atoms with E-state index in [9.17, 15) is 4.79 Å². The van der Waals surface area contributed by atoms with E-state index in [1.54, 1.807) is 0 Å². The molecule has 0 amide bonds. The van der Waals surface area contributed by atoms with Crippen molar-refractivity contribution < 1.29 is 13.9 Å². The van der Waals surface area contributed by atoms with Gasteiger partial charge in [0.15, 0.2) is 0 Å². The Labute approximate surface area is 124 Å². The minimum atomic E-state index is -0.270. The average Bonchev–Trinajstić information content (AvgIpc) is 2.93. The van der Waals surface area contributed by atoms with E-state index in [0.717, 1.165) is 43.4 Å². The lowest BCUT2D eigenvalue weighted by Crippen LogP contribution is -2.38. The molecule has 1 saturated heterocycles. The van der Waals surface area contributed by atoms with Crippen LogP contribution in [-0.4, -0.2) is 36.6 Å². The fourth-order valence-corrected chi connectivity index (χ4v) is 2.92. The number of para-hydroxylation sites is 1. The van der Waals surface area contributed by atoms with Gasteiger partial charge in [-0.05, 0) is 31.9 Å². The first kappa shape index (κ1) is 14.1. The molecule has 0 N–H and O–H groups in total. The zero-order chi connectivity index (χ0) is 14.7. The van der Waals surface area contributed by atoms with Crippen LogP contribution in [-0.2, 0) is 4.74 Å². The first-order valence-corrected chi connectivity index (χ1v) is 7.67. The van der Waals surface area contributed by atoms with E-state index in [0.29, 0.717) is 5.56 Å². The summed E-state index contributed by atoms with van der Waals surface area (Å²) in [6.45, 7) is 5.35. The third kappa shape index (κ3) is 3.10. The molecule has 1 aliphatic rings. The van der Waals surface area contributed by atoms with Crippen LogP contribution < -0.4 is 0 Å². The highest BCUT2D eigenvalue weighted by atomic mass is 16.5. The summed E-state index contributed by atoms with van der Waals surface area (Å²) < 4.78 is 11.0. The van der Waals surface area contributed by atoms with Crippen LogP contribution in [0.1, 0.15) is 36.5 Å². The molecule has 4 heteroatoms. The minimum Gasteiger partial charge on any atom is -0.463 e. The Hall–Kier alpha value is -1.81. The molecule has 1 aromatic carbocycles. The number of ether oxygens (including phenoxy) is 1. The molecule has 0 spiro atoms. The van der Waals surface area contributed by atoms with E-state index in [1.165, 1.54) is 12.7 Å². The molecule has 4 nitrogen and oxygen atoms in total. The highest BCUT2D eigenvalue weighted by Gasteiger charge is 2.24. The molecule has 112 valence electrons. The van der Waals surface area contributed by atoms with Crippen LogP contribution in [0.5, 0.6) is 0 Å². The Balaban J connectivity index is 1.62. The normalized spacial score (nSPS) is 17.2. The highest BCUT2D eigenvalue weighted by Crippen LogP contribution is 2.23. The topological polar surface area (TPSA) is 42.7 Å². The van der Waals surface area contributed by atoms with Crippen LogP contribution in [0.3, 0.4) is 0 Å². The van der Waals surface area contributed by atoms with Gasteiger partial charge in [0.25, 0.3) is 0 Å². The number of hydrogen-bond donors (Lipinski definition) is 0. The Bertz CT molecular complexity index is 611. The number of rotatable bonds is 4. The molecule has 1 fully saturated rings. The van der Waals surface area contributed by atoms with Crippen LogP contribution in [0.2, 0.25) is 0 Å². The summed E-state index contributed by atoms with van der Waals surface area (Å²) in [4.78, 5) is 14.7. The van der Waals surface area contributed by atoms with E-state index in [1.807, 2.05) is 24.3 Å². The van der Waals surface area contributed by atoms with E-state index in [-0.39, 0.29) is 12.1 Å². The van der Waals surface area contributed by atoms with E-state index in [2.05, 4.69) is 11.8 Å². The van der Waals surface area contributed by atoms with Crippen LogP contribution in [0, 0.1) is 0 Å². The van der Waals surface area contributed by atoms with Crippen molar-refractivity contribution in [3.63, 3.8) is 0 Å².